The van der Waals surface area contributed by atoms with E-state index >= 15 is 0 Å². The summed E-state index contributed by atoms with van der Waals surface area (Å²) in [6.07, 6.45) is 4.18. The molecule has 3 aromatic carbocycles. The lowest BCUT2D eigenvalue weighted by Crippen LogP contribution is -2.51. The third-order valence-corrected chi connectivity index (χ3v) is 7.71. The van der Waals surface area contributed by atoms with E-state index in [1.807, 2.05) is 30.3 Å². The monoisotopic (exact) mass is 493 g/mol. The molecule has 0 saturated carbocycles. The Kier molecular flexibility index (Phi) is 7.94. The van der Waals surface area contributed by atoms with Crippen LogP contribution in [0.4, 0.5) is 10.1 Å². The first-order chi connectivity index (χ1) is 16.9. The molecular formula is C27H28FN3O3S. The van der Waals surface area contributed by atoms with Crippen molar-refractivity contribution in [3.63, 3.8) is 0 Å². The summed E-state index contributed by atoms with van der Waals surface area (Å²) < 4.78 is 41.3. The summed E-state index contributed by atoms with van der Waals surface area (Å²) in [6.45, 7) is 2.86. The van der Waals surface area contributed by atoms with Gasteiger partial charge in [-0.3, -0.25) is 14.0 Å². The first-order valence-corrected chi connectivity index (χ1v) is 12.9. The highest BCUT2D eigenvalue weighted by Gasteiger charge is 2.30. The topological polar surface area (TPSA) is 60.9 Å². The number of nitrogens with zero attached hydrogens (tertiary/aromatic N) is 3. The van der Waals surface area contributed by atoms with Crippen LogP contribution >= 0.6 is 0 Å². The minimum atomic E-state index is -4.01. The highest BCUT2D eigenvalue weighted by Crippen LogP contribution is 2.24. The molecule has 35 heavy (non-hydrogen) atoms. The van der Waals surface area contributed by atoms with Crippen molar-refractivity contribution < 1.29 is 17.6 Å². The Balaban J connectivity index is 1.41. The summed E-state index contributed by atoms with van der Waals surface area (Å²) in [7, 11) is -4.01. The number of amides is 1. The number of anilines is 1. The van der Waals surface area contributed by atoms with Gasteiger partial charge in [0.15, 0.2) is 0 Å². The molecule has 8 heteroatoms. The average Bonchev–Trinajstić information content (AvgIpc) is 2.89. The Bertz CT molecular complexity index is 1240. The standard InChI is InChI=1S/C27H28FN3O3S/c28-24-13-15-25(16-14-24)31(35(33,34)26-11-5-2-6-12-26)22-27(32)30-20-18-29(19-21-30)17-7-10-23-8-3-1-4-9-23/h1-16H,17-22H2/b10-7+. The van der Waals surface area contributed by atoms with Crippen LogP contribution < -0.4 is 4.31 Å². The quantitative estimate of drug-likeness (QED) is 0.478. The van der Waals surface area contributed by atoms with Crippen LogP contribution in [-0.4, -0.2) is 63.4 Å². The molecule has 0 atom stereocenters. The number of piperazine rings is 1. The molecular weight excluding hydrogens is 465 g/mol. The summed E-state index contributed by atoms with van der Waals surface area (Å²) in [5, 5.41) is 0. The van der Waals surface area contributed by atoms with Gasteiger partial charge in [0.1, 0.15) is 12.4 Å². The molecule has 0 bridgehead atoms. The maximum Gasteiger partial charge on any atom is 0.264 e. The van der Waals surface area contributed by atoms with Gasteiger partial charge < -0.3 is 4.90 Å². The lowest BCUT2D eigenvalue weighted by Gasteiger charge is -2.35. The molecule has 1 amide bonds. The predicted octanol–water partition coefficient (Wildman–Crippen LogP) is 3.88. The second-order valence-corrected chi connectivity index (χ2v) is 10.2. The molecule has 1 aliphatic heterocycles. The Hall–Kier alpha value is -3.49. The maximum absolute atomic E-state index is 13.5. The van der Waals surface area contributed by atoms with Crippen molar-refractivity contribution in [2.75, 3.05) is 43.6 Å². The number of sulfonamides is 1. The molecule has 0 radical (unpaired) electrons. The van der Waals surface area contributed by atoms with Gasteiger partial charge >= 0.3 is 0 Å². The lowest BCUT2D eigenvalue weighted by molar-refractivity contribution is -0.131. The molecule has 0 aliphatic carbocycles. The van der Waals surface area contributed by atoms with Gasteiger partial charge in [-0.15, -0.1) is 0 Å². The van der Waals surface area contributed by atoms with E-state index in [4.69, 9.17) is 0 Å². The summed E-state index contributed by atoms with van der Waals surface area (Å²) in [5.74, 6) is -0.761. The zero-order valence-corrected chi connectivity index (χ0v) is 20.1. The van der Waals surface area contributed by atoms with Crippen LogP contribution in [0.3, 0.4) is 0 Å². The fourth-order valence-corrected chi connectivity index (χ4v) is 5.38. The number of rotatable bonds is 8. The second kappa shape index (κ2) is 11.3. The van der Waals surface area contributed by atoms with Gasteiger partial charge in [0.05, 0.1) is 10.6 Å². The number of benzene rings is 3. The smallest absolute Gasteiger partial charge is 0.264 e. The molecule has 0 aromatic heterocycles. The average molecular weight is 494 g/mol. The molecule has 1 fully saturated rings. The fourth-order valence-electron chi connectivity index (χ4n) is 3.95. The van der Waals surface area contributed by atoms with Gasteiger partial charge in [-0.1, -0.05) is 60.7 Å². The second-order valence-electron chi connectivity index (χ2n) is 8.30. The minimum absolute atomic E-state index is 0.0761. The number of carbonyl (C=O) groups is 1. The van der Waals surface area contributed by atoms with Gasteiger partial charge in [0.25, 0.3) is 10.0 Å². The normalized spacial score (nSPS) is 14.8. The van der Waals surface area contributed by atoms with Gasteiger partial charge in [-0.05, 0) is 42.0 Å². The zero-order valence-electron chi connectivity index (χ0n) is 19.3. The van der Waals surface area contributed by atoms with Crippen LogP contribution in [0.15, 0.2) is 95.9 Å². The van der Waals surface area contributed by atoms with Crippen molar-refractivity contribution in [1.29, 1.82) is 0 Å². The fraction of sp³-hybridized carbons (Fsp3) is 0.222. The van der Waals surface area contributed by atoms with Crippen molar-refractivity contribution >= 4 is 27.7 Å². The first kappa shape index (κ1) is 24.6. The van der Waals surface area contributed by atoms with Gasteiger partial charge in [-0.25, -0.2) is 12.8 Å². The van der Waals surface area contributed by atoms with Crippen LogP contribution in [-0.2, 0) is 14.8 Å². The van der Waals surface area contributed by atoms with Crippen molar-refractivity contribution in [2.45, 2.75) is 4.90 Å². The lowest BCUT2D eigenvalue weighted by atomic mass is 10.2. The summed E-state index contributed by atoms with van der Waals surface area (Å²) in [5.41, 5.74) is 1.38. The van der Waals surface area contributed by atoms with Crippen LogP contribution in [0.1, 0.15) is 5.56 Å². The third-order valence-electron chi connectivity index (χ3n) is 5.92. The van der Waals surface area contributed by atoms with Gasteiger partial charge in [0.2, 0.25) is 5.91 Å². The first-order valence-electron chi connectivity index (χ1n) is 11.5. The molecule has 1 saturated heterocycles. The summed E-state index contributed by atoms with van der Waals surface area (Å²) in [6, 6.07) is 23.1. The van der Waals surface area contributed by atoms with E-state index in [-0.39, 0.29) is 23.0 Å². The molecule has 1 aliphatic rings. The van der Waals surface area contributed by atoms with E-state index in [1.165, 1.54) is 36.4 Å². The zero-order chi connectivity index (χ0) is 24.7. The molecule has 6 nitrogen and oxygen atoms in total. The van der Waals surface area contributed by atoms with Crippen molar-refractivity contribution in [2.24, 2.45) is 0 Å². The van der Waals surface area contributed by atoms with Crippen molar-refractivity contribution in [3.05, 3.63) is 102 Å². The minimum Gasteiger partial charge on any atom is -0.339 e. The Morgan fingerprint density at radius 3 is 2.09 bits per heavy atom. The van der Waals surface area contributed by atoms with Crippen molar-refractivity contribution in [1.82, 2.24) is 9.80 Å². The van der Waals surface area contributed by atoms with E-state index in [0.717, 1.165) is 16.4 Å². The molecule has 1 heterocycles. The highest BCUT2D eigenvalue weighted by molar-refractivity contribution is 7.92. The van der Waals surface area contributed by atoms with Crippen LogP contribution in [0.5, 0.6) is 0 Å². The summed E-state index contributed by atoms with van der Waals surface area (Å²) >= 11 is 0. The molecule has 4 rings (SSSR count). The Morgan fingerprint density at radius 1 is 0.857 bits per heavy atom. The van der Waals surface area contributed by atoms with E-state index in [1.54, 1.807) is 23.1 Å². The largest absolute Gasteiger partial charge is 0.339 e. The van der Waals surface area contributed by atoms with Gasteiger partial charge in [-0.2, -0.15) is 0 Å². The molecule has 182 valence electrons. The van der Waals surface area contributed by atoms with E-state index in [2.05, 4.69) is 17.1 Å². The number of halogens is 1. The summed E-state index contributed by atoms with van der Waals surface area (Å²) in [4.78, 5) is 17.2. The molecule has 0 unspecified atom stereocenters. The number of hydrogen-bond acceptors (Lipinski definition) is 4. The Morgan fingerprint density at radius 2 is 1.46 bits per heavy atom. The van der Waals surface area contributed by atoms with Gasteiger partial charge in [0, 0.05) is 32.7 Å². The highest BCUT2D eigenvalue weighted by atomic mass is 32.2. The molecule has 0 spiro atoms. The molecule has 0 N–H and O–H groups in total. The van der Waals surface area contributed by atoms with E-state index in [0.29, 0.717) is 26.2 Å². The number of hydrogen-bond donors (Lipinski definition) is 0. The van der Waals surface area contributed by atoms with Crippen LogP contribution in [0.25, 0.3) is 6.08 Å². The van der Waals surface area contributed by atoms with E-state index in [9.17, 15) is 17.6 Å². The predicted molar refractivity (Wildman–Crippen MR) is 136 cm³/mol. The number of carbonyl (C=O) groups excluding carboxylic acids is 1. The maximum atomic E-state index is 13.5. The molecule has 3 aromatic rings. The van der Waals surface area contributed by atoms with Crippen LogP contribution in [0.2, 0.25) is 0 Å². The Labute approximate surface area is 206 Å². The van der Waals surface area contributed by atoms with E-state index < -0.39 is 15.8 Å². The third kappa shape index (κ3) is 6.35. The SMILES string of the molecule is O=C(CN(c1ccc(F)cc1)S(=O)(=O)c1ccccc1)N1CCN(C/C=C/c2ccccc2)CC1. The van der Waals surface area contributed by atoms with Crippen molar-refractivity contribution in [3.8, 4) is 0 Å². The van der Waals surface area contributed by atoms with Crippen LogP contribution in [0, 0.1) is 5.82 Å².